The van der Waals surface area contributed by atoms with Gasteiger partial charge in [0, 0.05) is 19.2 Å². The number of nitrogens with one attached hydrogen (secondary N) is 1. The molecule has 0 unspecified atom stereocenters. The minimum Gasteiger partial charge on any atom is -0.401 e. The van der Waals surface area contributed by atoms with Crippen LogP contribution in [0.3, 0.4) is 0 Å². The third-order valence-electron chi connectivity index (χ3n) is 5.64. The van der Waals surface area contributed by atoms with Gasteiger partial charge in [0.1, 0.15) is 5.69 Å². The molecule has 10 nitrogen and oxygen atoms in total. The molecule has 3 heterocycles. The Balaban J connectivity index is 1.33. The van der Waals surface area contributed by atoms with Crippen LogP contribution in [0.25, 0.3) is 11.6 Å². The number of aromatic nitrogens is 4. The number of carbonyl (C=O) groups is 1. The summed E-state index contributed by atoms with van der Waals surface area (Å²) in [7, 11) is -2.00. The van der Waals surface area contributed by atoms with Gasteiger partial charge in [0.05, 0.1) is 16.3 Å². The smallest absolute Gasteiger partial charge is 0.322 e. The van der Waals surface area contributed by atoms with Gasteiger partial charge in [-0.3, -0.25) is 19.1 Å². The maximum atomic E-state index is 13.3. The summed E-state index contributed by atoms with van der Waals surface area (Å²) in [6.07, 6.45) is 1.60. The van der Waals surface area contributed by atoms with Crippen molar-refractivity contribution in [2.24, 2.45) is 7.05 Å². The molecule has 1 N–H and O–H groups in total. The topological polar surface area (TPSA) is 123 Å². The van der Waals surface area contributed by atoms with Gasteiger partial charge in [0.15, 0.2) is 0 Å². The standard InChI is InChI=1S/C23H22N6O4S/c1-15-14-20(28(2)27-15)22-25-26-23(33-22)24-21(30)17-9-11-18(12-10-17)34(31,32)29-13-5-7-16-6-3-4-8-19(16)29/h3-4,6,8-12,14H,5,7,13H2,1-2H3,(H,24,26,30). The molecule has 0 saturated heterocycles. The predicted molar refractivity (Wildman–Crippen MR) is 125 cm³/mol. The van der Waals surface area contributed by atoms with E-state index in [9.17, 15) is 13.2 Å². The van der Waals surface area contributed by atoms with Crippen molar-refractivity contribution >= 4 is 27.6 Å². The predicted octanol–water partition coefficient (Wildman–Crippen LogP) is 3.17. The first-order valence-corrected chi connectivity index (χ1v) is 12.1. The third-order valence-corrected chi connectivity index (χ3v) is 7.47. The van der Waals surface area contributed by atoms with E-state index in [1.807, 2.05) is 31.2 Å². The van der Waals surface area contributed by atoms with Crippen LogP contribution >= 0.6 is 0 Å². The average Bonchev–Trinajstić information content (AvgIpc) is 3.43. The number of nitrogens with zero attached hydrogens (tertiary/aromatic N) is 5. The number of para-hydroxylation sites is 1. The number of rotatable bonds is 5. The molecule has 1 amide bonds. The van der Waals surface area contributed by atoms with Crippen molar-refractivity contribution in [2.45, 2.75) is 24.7 Å². The quantitative estimate of drug-likeness (QED) is 0.467. The van der Waals surface area contributed by atoms with E-state index in [0.717, 1.165) is 24.1 Å². The van der Waals surface area contributed by atoms with E-state index in [4.69, 9.17) is 4.42 Å². The van der Waals surface area contributed by atoms with Gasteiger partial charge in [-0.05, 0) is 61.7 Å². The molecule has 4 aromatic rings. The number of anilines is 2. The summed E-state index contributed by atoms with van der Waals surface area (Å²) < 4.78 is 35.1. The average molecular weight is 479 g/mol. The van der Waals surface area contributed by atoms with E-state index >= 15 is 0 Å². The maximum absolute atomic E-state index is 13.3. The highest BCUT2D eigenvalue weighted by Crippen LogP contribution is 2.31. The van der Waals surface area contributed by atoms with E-state index in [-0.39, 0.29) is 22.4 Å². The van der Waals surface area contributed by atoms with Crippen molar-refractivity contribution in [3.8, 4) is 11.6 Å². The van der Waals surface area contributed by atoms with Crippen LogP contribution in [0.2, 0.25) is 0 Å². The molecular weight excluding hydrogens is 456 g/mol. The molecule has 1 aliphatic heterocycles. The Hall–Kier alpha value is -3.99. The fourth-order valence-corrected chi connectivity index (χ4v) is 5.55. The number of aryl methyl sites for hydroxylation is 3. The Morgan fingerprint density at radius 3 is 2.59 bits per heavy atom. The van der Waals surface area contributed by atoms with E-state index in [1.54, 1.807) is 17.8 Å². The summed E-state index contributed by atoms with van der Waals surface area (Å²) in [4.78, 5) is 12.8. The van der Waals surface area contributed by atoms with Crippen molar-refractivity contribution in [3.63, 3.8) is 0 Å². The number of carbonyl (C=O) groups excluding carboxylic acids is 1. The van der Waals surface area contributed by atoms with Crippen molar-refractivity contribution in [1.29, 1.82) is 0 Å². The maximum Gasteiger partial charge on any atom is 0.322 e. The summed E-state index contributed by atoms with van der Waals surface area (Å²) in [5.74, 6) is -0.273. The molecule has 174 valence electrons. The molecular formula is C23H22N6O4S. The van der Waals surface area contributed by atoms with Crippen LogP contribution in [0.1, 0.15) is 28.0 Å². The van der Waals surface area contributed by atoms with Crippen LogP contribution in [0.5, 0.6) is 0 Å². The lowest BCUT2D eigenvalue weighted by Crippen LogP contribution is -2.35. The molecule has 5 rings (SSSR count). The number of hydrogen-bond donors (Lipinski definition) is 1. The van der Waals surface area contributed by atoms with E-state index in [1.165, 1.54) is 28.6 Å². The Morgan fingerprint density at radius 1 is 1.09 bits per heavy atom. The summed E-state index contributed by atoms with van der Waals surface area (Å²) in [5.41, 5.74) is 3.39. The van der Waals surface area contributed by atoms with Crippen LogP contribution in [0.15, 0.2) is 63.9 Å². The van der Waals surface area contributed by atoms with Gasteiger partial charge in [-0.15, -0.1) is 5.10 Å². The van der Waals surface area contributed by atoms with Gasteiger partial charge in [0.25, 0.3) is 21.8 Å². The largest absolute Gasteiger partial charge is 0.401 e. The van der Waals surface area contributed by atoms with Crippen LogP contribution in [0, 0.1) is 6.92 Å². The first kappa shape index (κ1) is 21.8. The number of amides is 1. The zero-order chi connectivity index (χ0) is 23.9. The number of hydrogen-bond acceptors (Lipinski definition) is 7. The summed E-state index contributed by atoms with van der Waals surface area (Å²) in [6.45, 7) is 2.26. The Bertz CT molecular complexity index is 1470. The molecule has 0 bridgehead atoms. The van der Waals surface area contributed by atoms with Gasteiger partial charge in [-0.25, -0.2) is 8.42 Å². The molecule has 2 aromatic heterocycles. The normalized spacial score (nSPS) is 13.5. The minimum absolute atomic E-state index is 0.0690. The Morgan fingerprint density at radius 2 is 1.85 bits per heavy atom. The van der Waals surface area contributed by atoms with Crippen molar-refractivity contribution in [1.82, 2.24) is 20.0 Å². The van der Waals surface area contributed by atoms with Gasteiger partial charge < -0.3 is 4.42 Å². The van der Waals surface area contributed by atoms with Gasteiger partial charge in [0.2, 0.25) is 0 Å². The fraction of sp³-hybridized carbons (Fsp3) is 0.217. The lowest BCUT2D eigenvalue weighted by molar-refractivity contribution is 0.102. The van der Waals surface area contributed by atoms with Gasteiger partial charge in [-0.2, -0.15) is 5.10 Å². The van der Waals surface area contributed by atoms with E-state index in [0.29, 0.717) is 17.9 Å². The lowest BCUT2D eigenvalue weighted by Gasteiger charge is -2.30. The van der Waals surface area contributed by atoms with E-state index < -0.39 is 15.9 Å². The van der Waals surface area contributed by atoms with Crippen molar-refractivity contribution in [2.75, 3.05) is 16.2 Å². The number of sulfonamides is 1. The SMILES string of the molecule is Cc1cc(-c2nnc(NC(=O)c3ccc(S(=O)(=O)N4CCCc5ccccc54)cc3)o2)n(C)n1. The van der Waals surface area contributed by atoms with E-state index in [2.05, 4.69) is 20.6 Å². The van der Waals surface area contributed by atoms with Crippen LogP contribution in [-0.2, 0) is 23.5 Å². The molecule has 2 aromatic carbocycles. The molecule has 0 aliphatic carbocycles. The first-order valence-electron chi connectivity index (χ1n) is 10.7. The molecule has 1 aliphatic rings. The van der Waals surface area contributed by atoms with Crippen LogP contribution in [-0.4, -0.2) is 40.8 Å². The molecule has 0 atom stereocenters. The zero-order valence-corrected chi connectivity index (χ0v) is 19.4. The summed E-state index contributed by atoms with van der Waals surface area (Å²) >= 11 is 0. The Kier molecular flexibility index (Phi) is 5.40. The fourth-order valence-electron chi connectivity index (χ4n) is 4.01. The summed E-state index contributed by atoms with van der Waals surface area (Å²) in [5, 5.41) is 14.6. The van der Waals surface area contributed by atoms with Crippen molar-refractivity contribution in [3.05, 3.63) is 71.4 Å². The van der Waals surface area contributed by atoms with Gasteiger partial charge >= 0.3 is 6.01 Å². The van der Waals surface area contributed by atoms with Crippen molar-refractivity contribution < 1.29 is 17.6 Å². The van der Waals surface area contributed by atoms with Crippen LogP contribution < -0.4 is 9.62 Å². The molecule has 0 spiro atoms. The third kappa shape index (κ3) is 3.94. The monoisotopic (exact) mass is 478 g/mol. The Labute approximate surface area is 196 Å². The molecule has 0 radical (unpaired) electrons. The second-order valence-electron chi connectivity index (χ2n) is 7.99. The lowest BCUT2D eigenvalue weighted by atomic mass is 10.0. The second kappa shape index (κ2) is 8.41. The van der Waals surface area contributed by atoms with Gasteiger partial charge in [-0.1, -0.05) is 23.3 Å². The summed E-state index contributed by atoms with van der Waals surface area (Å²) in [6, 6.07) is 15.0. The second-order valence-corrected chi connectivity index (χ2v) is 9.86. The molecule has 34 heavy (non-hydrogen) atoms. The number of fused-ring (bicyclic) bond motifs is 1. The van der Waals surface area contributed by atoms with Crippen LogP contribution in [0.4, 0.5) is 11.7 Å². The highest BCUT2D eigenvalue weighted by molar-refractivity contribution is 7.92. The molecule has 0 fully saturated rings. The highest BCUT2D eigenvalue weighted by atomic mass is 32.2. The zero-order valence-electron chi connectivity index (χ0n) is 18.6. The number of benzene rings is 2. The highest BCUT2D eigenvalue weighted by Gasteiger charge is 2.29. The molecule has 0 saturated carbocycles. The molecule has 11 heteroatoms. The first-order chi connectivity index (χ1) is 16.3. The minimum atomic E-state index is -3.75.